The summed E-state index contributed by atoms with van der Waals surface area (Å²) in [4.78, 5) is 11.4. The summed E-state index contributed by atoms with van der Waals surface area (Å²) >= 11 is 0. The van der Waals surface area contributed by atoms with Crippen LogP contribution < -0.4 is 0 Å². The minimum Gasteiger partial charge on any atom is -0.454 e. The molecule has 0 saturated carbocycles. The van der Waals surface area contributed by atoms with Gasteiger partial charge in [-0.2, -0.15) is 0 Å². The summed E-state index contributed by atoms with van der Waals surface area (Å²) in [5.74, 6) is -0.369. The van der Waals surface area contributed by atoms with E-state index in [4.69, 9.17) is 23.7 Å². The van der Waals surface area contributed by atoms with E-state index in [2.05, 4.69) is 0 Å². The number of carbonyl (C=O) groups is 1. The van der Waals surface area contributed by atoms with Crippen LogP contribution in [0.3, 0.4) is 0 Å². The van der Waals surface area contributed by atoms with Gasteiger partial charge in [0.05, 0.1) is 13.2 Å². The molecule has 0 aromatic heterocycles. The van der Waals surface area contributed by atoms with Crippen molar-refractivity contribution in [2.75, 3.05) is 13.2 Å². The molecule has 0 unspecified atom stereocenters. The zero-order valence-corrected chi connectivity index (χ0v) is 14.1. The first-order chi connectivity index (χ1) is 11.7. The van der Waals surface area contributed by atoms with Gasteiger partial charge in [-0.25, -0.2) is 0 Å². The Labute approximate surface area is 142 Å². The van der Waals surface area contributed by atoms with E-state index in [1.807, 2.05) is 37.3 Å². The van der Waals surface area contributed by atoms with Crippen LogP contribution in [0, 0.1) is 0 Å². The number of esters is 1. The average Bonchev–Trinajstić information content (AvgIpc) is 2.85. The number of ether oxygens (including phenoxy) is 5. The highest BCUT2D eigenvalue weighted by Crippen LogP contribution is 2.35. The Morgan fingerprint density at radius 3 is 2.71 bits per heavy atom. The molecule has 2 saturated heterocycles. The summed E-state index contributed by atoms with van der Waals surface area (Å²) in [5, 5.41) is 0. The molecule has 1 aromatic rings. The molecule has 1 aromatic carbocycles. The Kier molecular flexibility index (Phi) is 5.84. The first kappa shape index (κ1) is 17.4. The molecule has 0 aliphatic carbocycles. The second-order valence-corrected chi connectivity index (χ2v) is 6.05. The molecular weight excluding hydrogens is 312 g/mol. The smallest absolute Gasteiger partial charge is 0.303 e. The predicted molar refractivity (Wildman–Crippen MR) is 85.2 cm³/mol. The van der Waals surface area contributed by atoms with Crippen LogP contribution in [-0.2, 0) is 35.1 Å². The van der Waals surface area contributed by atoms with Crippen molar-refractivity contribution in [2.45, 2.75) is 57.6 Å². The van der Waals surface area contributed by atoms with E-state index in [0.717, 1.165) is 12.0 Å². The van der Waals surface area contributed by atoms with Gasteiger partial charge in [0.15, 0.2) is 12.4 Å². The largest absolute Gasteiger partial charge is 0.454 e. The highest BCUT2D eigenvalue weighted by Gasteiger charge is 2.55. The highest BCUT2D eigenvalue weighted by molar-refractivity contribution is 5.66. The molecule has 3 rings (SSSR count). The van der Waals surface area contributed by atoms with Crippen LogP contribution in [0.5, 0.6) is 0 Å². The Balaban J connectivity index is 1.66. The molecule has 2 bridgehead atoms. The van der Waals surface area contributed by atoms with E-state index in [1.165, 1.54) is 6.92 Å². The third kappa shape index (κ3) is 3.95. The molecule has 6 nitrogen and oxygen atoms in total. The number of hydrogen-bond acceptors (Lipinski definition) is 6. The minimum absolute atomic E-state index is 0.260. The van der Waals surface area contributed by atoms with Crippen LogP contribution in [0.1, 0.15) is 25.8 Å². The van der Waals surface area contributed by atoms with E-state index in [9.17, 15) is 4.79 Å². The normalized spacial score (nSPS) is 31.8. The molecule has 5 atom stereocenters. The van der Waals surface area contributed by atoms with Gasteiger partial charge >= 0.3 is 5.97 Å². The summed E-state index contributed by atoms with van der Waals surface area (Å²) in [6, 6.07) is 9.93. The van der Waals surface area contributed by atoms with Gasteiger partial charge in [-0.05, 0) is 12.0 Å². The summed E-state index contributed by atoms with van der Waals surface area (Å²) in [6.07, 6.45) is -1.20. The molecule has 0 N–H and O–H groups in total. The minimum atomic E-state index is -0.586. The van der Waals surface area contributed by atoms with Crippen LogP contribution in [0.15, 0.2) is 30.3 Å². The van der Waals surface area contributed by atoms with E-state index >= 15 is 0 Å². The fraction of sp³-hybridized carbons (Fsp3) is 0.611. The third-order valence-electron chi connectivity index (χ3n) is 4.12. The van der Waals surface area contributed by atoms with Crippen molar-refractivity contribution in [1.82, 2.24) is 0 Å². The van der Waals surface area contributed by atoms with Gasteiger partial charge in [0.2, 0.25) is 0 Å². The fourth-order valence-corrected chi connectivity index (χ4v) is 3.05. The van der Waals surface area contributed by atoms with E-state index in [1.54, 1.807) is 0 Å². The second-order valence-electron chi connectivity index (χ2n) is 6.05. The Morgan fingerprint density at radius 2 is 2.00 bits per heavy atom. The summed E-state index contributed by atoms with van der Waals surface area (Å²) in [6.45, 7) is 4.84. The van der Waals surface area contributed by atoms with Gasteiger partial charge in [0, 0.05) is 13.5 Å². The molecule has 0 radical (unpaired) electrons. The van der Waals surface area contributed by atoms with Crippen molar-refractivity contribution in [1.29, 1.82) is 0 Å². The van der Waals surface area contributed by atoms with Gasteiger partial charge in [0.25, 0.3) is 0 Å². The molecule has 2 fully saturated rings. The topological polar surface area (TPSA) is 63.2 Å². The molecular formula is C18H24O6. The molecule has 0 spiro atoms. The van der Waals surface area contributed by atoms with Crippen LogP contribution in [0.25, 0.3) is 0 Å². The number of hydrogen-bond donors (Lipinski definition) is 0. The van der Waals surface area contributed by atoms with Gasteiger partial charge < -0.3 is 23.7 Å². The number of carbonyl (C=O) groups excluding carboxylic acids is 1. The SMILES string of the molecule is CCCO[C@@H]1[C@@H](OC(C)=O)[C@@H]2OC[C@@H](OCc3ccccc3)[C@H]1O2. The molecule has 132 valence electrons. The van der Waals surface area contributed by atoms with Crippen molar-refractivity contribution in [2.24, 2.45) is 0 Å². The monoisotopic (exact) mass is 336 g/mol. The van der Waals surface area contributed by atoms with Crippen molar-refractivity contribution >= 4 is 5.97 Å². The number of rotatable bonds is 7. The van der Waals surface area contributed by atoms with E-state index in [-0.39, 0.29) is 24.3 Å². The Hall–Kier alpha value is -1.47. The molecule has 24 heavy (non-hydrogen) atoms. The number of fused-ring (bicyclic) bond motifs is 2. The lowest BCUT2D eigenvalue weighted by molar-refractivity contribution is -0.247. The summed E-state index contributed by atoms with van der Waals surface area (Å²) in [7, 11) is 0. The van der Waals surface area contributed by atoms with Gasteiger partial charge in [-0.3, -0.25) is 4.79 Å². The van der Waals surface area contributed by atoms with Crippen molar-refractivity contribution in [3.8, 4) is 0 Å². The van der Waals surface area contributed by atoms with Crippen LogP contribution in [0.4, 0.5) is 0 Å². The van der Waals surface area contributed by atoms with Gasteiger partial charge in [0.1, 0.15) is 18.3 Å². The predicted octanol–water partition coefficient (Wildman–Crippen LogP) is 2.05. The third-order valence-corrected chi connectivity index (χ3v) is 4.12. The van der Waals surface area contributed by atoms with Crippen molar-refractivity contribution in [3.63, 3.8) is 0 Å². The maximum Gasteiger partial charge on any atom is 0.303 e. The van der Waals surface area contributed by atoms with Crippen LogP contribution in [-0.4, -0.2) is 49.9 Å². The highest BCUT2D eigenvalue weighted by atomic mass is 16.8. The first-order valence-corrected chi connectivity index (χ1v) is 8.40. The van der Waals surface area contributed by atoms with Crippen molar-refractivity contribution < 1.29 is 28.5 Å². The molecule has 0 amide bonds. The average molecular weight is 336 g/mol. The van der Waals surface area contributed by atoms with Crippen LogP contribution >= 0.6 is 0 Å². The maximum atomic E-state index is 11.4. The lowest BCUT2D eigenvalue weighted by atomic mass is 10.1. The maximum absolute atomic E-state index is 11.4. The lowest BCUT2D eigenvalue weighted by Gasteiger charge is -2.30. The molecule has 6 heteroatoms. The van der Waals surface area contributed by atoms with Crippen molar-refractivity contribution in [3.05, 3.63) is 35.9 Å². The molecule has 2 heterocycles. The standard InChI is InChI=1S/C18H24O6/c1-3-9-20-16-15-14(21-10-13-7-5-4-6-8-13)11-22-18(24-15)17(16)23-12(2)19/h4-8,14-18H,3,9-11H2,1-2H3/t14-,15-,16+,17-,18-/m1/s1. The zero-order valence-electron chi connectivity index (χ0n) is 14.1. The number of benzene rings is 1. The second kappa shape index (κ2) is 8.07. The zero-order chi connectivity index (χ0) is 16.9. The molecule has 2 aliphatic rings. The Morgan fingerprint density at radius 1 is 1.21 bits per heavy atom. The lowest BCUT2D eigenvalue weighted by Crippen LogP contribution is -2.44. The summed E-state index contributed by atoms with van der Waals surface area (Å²) < 4.78 is 28.8. The summed E-state index contributed by atoms with van der Waals surface area (Å²) in [5.41, 5.74) is 1.08. The quantitative estimate of drug-likeness (QED) is 0.710. The van der Waals surface area contributed by atoms with Gasteiger partial charge in [-0.1, -0.05) is 37.3 Å². The van der Waals surface area contributed by atoms with Crippen LogP contribution in [0.2, 0.25) is 0 Å². The van der Waals surface area contributed by atoms with E-state index < -0.39 is 12.4 Å². The molecule has 2 aliphatic heterocycles. The Bertz CT molecular complexity index is 534. The first-order valence-electron chi connectivity index (χ1n) is 8.40. The van der Waals surface area contributed by atoms with Gasteiger partial charge in [-0.15, -0.1) is 0 Å². The van der Waals surface area contributed by atoms with E-state index in [0.29, 0.717) is 19.8 Å². The fourth-order valence-electron chi connectivity index (χ4n) is 3.05.